The van der Waals surface area contributed by atoms with E-state index in [0.29, 0.717) is 36.2 Å². The van der Waals surface area contributed by atoms with E-state index >= 15 is 0 Å². The van der Waals surface area contributed by atoms with Crippen LogP contribution >= 0.6 is 23.2 Å². The van der Waals surface area contributed by atoms with E-state index in [-0.39, 0.29) is 11.5 Å². The van der Waals surface area contributed by atoms with Crippen molar-refractivity contribution < 1.29 is 13.5 Å². The second-order valence-electron chi connectivity index (χ2n) is 7.08. The van der Waals surface area contributed by atoms with Crippen LogP contribution < -0.4 is 5.32 Å². The molecule has 28 heavy (non-hydrogen) atoms. The van der Waals surface area contributed by atoms with Crippen LogP contribution in [0.4, 0.5) is 0 Å². The zero-order valence-corrected chi connectivity index (χ0v) is 17.7. The first-order chi connectivity index (χ1) is 13.3. The summed E-state index contributed by atoms with van der Waals surface area (Å²) in [5.41, 5.74) is 1.99. The van der Waals surface area contributed by atoms with Gasteiger partial charge in [0.05, 0.1) is 23.7 Å². The molecular formula is C20H24Cl2N2O3S. The Balaban J connectivity index is 1.65. The fourth-order valence-electron chi connectivity index (χ4n) is 3.47. The normalized spacial score (nSPS) is 21.3. The molecule has 0 aliphatic carbocycles. The number of halogens is 2. The Bertz CT molecular complexity index is 908. The fraction of sp³-hybridized carbons (Fsp3) is 0.400. The lowest BCUT2D eigenvalue weighted by atomic mass is 10.1. The standard InChI is InChI=1S/C20H24Cl2N2O3S/c21-17-6-3-4-15(10-17)11-23-8-9-24(12-16-5-1-2-7-18(16)22)19-13-28(26,27)14-20(19)25/h1-7,10,19-20,23,25H,8-9,11-14H2/t19-,20+/m0/s1. The molecule has 0 unspecified atom stereocenters. The molecule has 1 aliphatic rings. The first-order valence-corrected chi connectivity index (χ1v) is 11.7. The topological polar surface area (TPSA) is 69.6 Å². The zero-order valence-electron chi connectivity index (χ0n) is 15.4. The summed E-state index contributed by atoms with van der Waals surface area (Å²) in [5, 5.41) is 15.0. The Kier molecular flexibility index (Phi) is 7.36. The minimum Gasteiger partial charge on any atom is -0.390 e. The second-order valence-corrected chi connectivity index (χ2v) is 10.1. The largest absolute Gasteiger partial charge is 0.390 e. The lowest BCUT2D eigenvalue weighted by Gasteiger charge is -2.30. The molecule has 8 heteroatoms. The van der Waals surface area contributed by atoms with Gasteiger partial charge in [0.2, 0.25) is 0 Å². The van der Waals surface area contributed by atoms with E-state index in [1.54, 1.807) is 0 Å². The molecule has 0 radical (unpaired) electrons. The first kappa shape index (κ1) is 21.6. The lowest BCUT2D eigenvalue weighted by molar-refractivity contribution is 0.0786. The highest BCUT2D eigenvalue weighted by atomic mass is 35.5. The van der Waals surface area contributed by atoms with Crippen molar-refractivity contribution >= 4 is 33.0 Å². The smallest absolute Gasteiger partial charge is 0.154 e. The molecule has 2 aromatic carbocycles. The molecule has 1 saturated heterocycles. The highest BCUT2D eigenvalue weighted by Gasteiger charge is 2.39. The van der Waals surface area contributed by atoms with Crippen LogP contribution in [0.25, 0.3) is 0 Å². The Labute approximate surface area is 176 Å². The maximum atomic E-state index is 12.0. The average Bonchev–Trinajstić information content (AvgIpc) is 2.92. The number of nitrogens with zero attached hydrogens (tertiary/aromatic N) is 1. The van der Waals surface area contributed by atoms with E-state index in [0.717, 1.165) is 11.1 Å². The number of hydrogen-bond donors (Lipinski definition) is 2. The molecule has 5 nitrogen and oxygen atoms in total. The van der Waals surface area contributed by atoms with Crippen molar-refractivity contribution in [3.63, 3.8) is 0 Å². The summed E-state index contributed by atoms with van der Waals surface area (Å²) >= 11 is 12.3. The maximum Gasteiger partial charge on any atom is 0.154 e. The van der Waals surface area contributed by atoms with Gasteiger partial charge in [0.25, 0.3) is 0 Å². The molecule has 0 amide bonds. The highest BCUT2D eigenvalue weighted by Crippen LogP contribution is 2.23. The predicted molar refractivity (Wildman–Crippen MR) is 113 cm³/mol. The van der Waals surface area contributed by atoms with Crippen molar-refractivity contribution in [2.24, 2.45) is 0 Å². The Morgan fingerprint density at radius 1 is 1.11 bits per heavy atom. The Hall–Kier alpha value is -1.15. The minimum absolute atomic E-state index is 0.0348. The summed E-state index contributed by atoms with van der Waals surface area (Å²) in [6, 6.07) is 14.7. The number of benzene rings is 2. The van der Waals surface area contributed by atoms with Gasteiger partial charge in [-0.1, -0.05) is 53.5 Å². The SMILES string of the molecule is O=S1(=O)C[C@@H](O)[C@@H](N(CCNCc2cccc(Cl)c2)Cc2ccccc2Cl)C1. The number of sulfone groups is 1. The molecule has 2 aromatic rings. The second kappa shape index (κ2) is 9.57. The van der Waals surface area contributed by atoms with Crippen molar-refractivity contribution in [1.82, 2.24) is 10.2 Å². The first-order valence-electron chi connectivity index (χ1n) is 9.15. The van der Waals surface area contributed by atoms with E-state index in [2.05, 4.69) is 5.32 Å². The van der Waals surface area contributed by atoms with Gasteiger partial charge in [-0.3, -0.25) is 4.90 Å². The van der Waals surface area contributed by atoms with Crippen LogP contribution in [-0.4, -0.2) is 55.2 Å². The molecule has 0 saturated carbocycles. The van der Waals surface area contributed by atoms with Gasteiger partial charge in [0.15, 0.2) is 9.84 Å². The Morgan fingerprint density at radius 2 is 1.89 bits per heavy atom. The monoisotopic (exact) mass is 442 g/mol. The third-order valence-electron chi connectivity index (χ3n) is 4.89. The molecule has 3 rings (SSSR count). The van der Waals surface area contributed by atoms with Crippen LogP contribution in [-0.2, 0) is 22.9 Å². The van der Waals surface area contributed by atoms with Gasteiger partial charge in [0.1, 0.15) is 0 Å². The van der Waals surface area contributed by atoms with E-state index in [4.69, 9.17) is 23.2 Å². The van der Waals surface area contributed by atoms with Crippen LogP contribution in [0.2, 0.25) is 10.0 Å². The molecule has 1 heterocycles. The van der Waals surface area contributed by atoms with Crippen molar-refractivity contribution in [2.75, 3.05) is 24.6 Å². The van der Waals surface area contributed by atoms with Crippen LogP contribution in [0.5, 0.6) is 0 Å². The predicted octanol–water partition coefficient (Wildman–Crippen LogP) is 2.74. The number of aliphatic hydroxyl groups excluding tert-OH is 1. The maximum absolute atomic E-state index is 12.0. The average molecular weight is 443 g/mol. The summed E-state index contributed by atoms with van der Waals surface area (Å²) in [5.74, 6) is -0.223. The summed E-state index contributed by atoms with van der Waals surface area (Å²) in [6.45, 7) is 2.37. The number of aliphatic hydroxyl groups is 1. The minimum atomic E-state index is -3.23. The van der Waals surface area contributed by atoms with Crippen LogP contribution in [0.15, 0.2) is 48.5 Å². The molecule has 0 spiro atoms. The van der Waals surface area contributed by atoms with E-state index in [1.165, 1.54) is 0 Å². The van der Waals surface area contributed by atoms with Gasteiger partial charge < -0.3 is 10.4 Å². The lowest BCUT2D eigenvalue weighted by Crippen LogP contribution is -2.45. The molecule has 152 valence electrons. The summed E-state index contributed by atoms with van der Waals surface area (Å²) in [7, 11) is -3.23. The summed E-state index contributed by atoms with van der Waals surface area (Å²) in [4.78, 5) is 2.00. The van der Waals surface area contributed by atoms with Gasteiger partial charge in [-0.05, 0) is 29.3 Å². The molecular weight excluding hydrogens is 419 g/mol. The molecule has 2 N–H and O–H groups in total. The van der Waals surface area contributed by atoms with Gasteiger partial charge in [0, 0.05) is 36.2 Å². The molecule has 1 fully saturated rings. The molecule has 1 aliphatic heterocycles. The molecule has 2 atom stereocenters. The zero-order chi connectivity index (χ0) is 20.1. The van der Waals surface area contributed by atoms with Gasteiger partial charge in [-0.2, -0.15) is 0 Å². The van der Waals surface area contributed by atoms with Crippen LogP contribution in [0.3, 0.4) is 0 Å². The molecule has 0 aromatic heterocycles. The van der Waals surface area contributed by atoms with Crippen molar-refractivity contribution in [2.45, 2.75) is 25.2 Å². The Morgan fingerprint density at radius 3 is 2.57 bits per heavy atom. The van der Waals surface area contributed by atoms with Crippen LogP contribution in [0.1, 0.15) is 11.1 Å². The molecule has 0 bridgehead atoms. The van der Waals surface area contributed by atoms with E-state index in [1.807, 2.05) is 53.4 Å². The van der Waals surface area contributed by atoms with Crippen LogP contribution in [0, 0.1) is 0 Å². The number of rotatable bonds is 8. The summed E-state index contributed by atoms with van der Waals surface area (Å²) in [6.07, 6.45) is -0.889. The van der Waals surface area contributed by atoms with Gasteiger partial charge in [-0.25, -0.2) is 8.42 Å². The van der Waals surface area contributed by atoms with Gasteiger partial charge >= 0.3 is 0 Å². The van der Waals surface area contributed by atoms with Crippen molar-refractivity contribution in [3.05, 3.63) is 69.7 Å². The number of nitrogens with one attached hydrogen (secondary N) is 1. The highest BCUT2D eigenvalue weighted by molar-refractivity contribution is 7.91. The third kappa shape index (κ3) is 5.92. The van der Waals surface area contributed by atoms with Crippen molar-refractivity contribution in [3.8, 4) is 0 Å². The van der Waals surface area contributed by atoms with Gasteiger partial charge in [-0.15, -0.1) is 0 Å². The van der Waals surface area contributed by atoms with E-state index < -0.39 is 22.0 Å². The third-order valence-corrected chi connectivity index (χ3v) is 7.19. The van der Waals surface area contributed by atoms with E-state index in [9.17, 15) is 13.5 Å². The summed E-state index contributed by atoms with van der Waals surface area (Å²) < 4.78 is 24.0. The van der Waals surface area contributed by atoms with Crippen molar-refractivity contribution in [1.29, 1.82) is 0 Å². The quantitative estimate of drug-likeness (QED) is 0.615. The fourth-order valence-corrected chi connectivity index (χ4v) is 5.71. The number of hydrogen-bond acceptors (Lipinski definition) is 5.